The lowest BCUT2D eigenvalue weighted by Crippen LogP contribution is -2.23. The highest BCUT2D eigenvalue weighted by atomic mass is 15.1. The molecule has 0 aliphatic rings. The molecule has 0 aliphatic carbocycles. The third-order valence-electron chi connectivity index (χ3n) is 3.37. The second kappa shape index (κ2) is 5.74. The molecule has 0 radical (unpaired) electrons. The normalized spacial score (nSPS) is 10.5. The van der Waals surface area contributed by atoms with Gasteiger partial charge in [-0.3, -0.25) is 4.98 Å². The number of aromatic nitrogens is 1. The number of hydrogen-bond donors (Lipinski definition) is 1. The van der Waals surface area contributed by atoms with E-state index in [1.165, 1.54) is 5.69 Å². The van der Waals surface area contributed by atoms with Crippen LogP contribution in [0.3, 0.4) is 0 Å². The zero-order chi connectivity index (χ0) is 13.8. The van der Waals surface area contributed by atoms with Gasteiger partial charge in [-0.1, -0.05) is 12.1 Å². The molecule has 0 atom stereocenters. The highest BCUT2D eigenvalue weighted by Crippen LogP contribution is 2.25. The van der Waals surface area contributed by atoms with Gasteiger partial charge in [0.05, 0.1) is 12.2 Å². The van der Waals surface area contributed by atoms with E-state index in [1.54, 1.807) is 0 Å². The first-order valence-electron chi connectivity index (χ1n) is 6.64. The van der Waals surface area contributed by atoms with E-state index in [-0.39, 0.29) is 0 Å². The molecule has 100 valence electrons. The summed E-state index contributed by atoms with van der Waals surface area (Å²) < 4.78 is 0. The predicted octanol–water partition coefficient (Wildman–Crippen LogP) is 3.31. The highest BCUT2D eigenvalue weighted by molar-refractivity contribution is 5.64. The largest absolute Gasteiger partial charge is 0.398 e. The Balaban J connectivity index is 2.28. The predicted molar refractivity (Wildman–Crippen MR) is 81.3 cm³/mol. The van der Waals surface area contributed by atoms with Gasteiger partial charge in [-0.05, 0) is 50.6 Å². The summed E-state index contributed by atoms with van der Waals surface area (Å²) in [7, 11) is 0. The van der Waals surface area contributed by atoms with Gasteiger partial charge in [-0.15, -0.1) is 0 Å². The molecule has 2 aromatic rings. The van der Waals surface area contributed by atoms with Crippen LogP contribution in [0.4, 0.5) is 11.4 Å². The Hall–Kier alpha value is -2.03. The first kappa shape index (κ1) is 13.4. The van der Waals surface area contributed by atoms with Crippen LogP contribution in [0.15, 0.2) is 36.4 Å². The summed E-state index contributed by atoms with van der Waals surface area (Å²) in [6.07, 6.45) is 0. The molecule has 2 rings (SSSR count). The third kappa shape index (κ3) is 3.05. The maximum Gasteiger partial charge on any atom is 0.0602 e. The number of pyridine rings is 1. The lowest BCUT2D eigenvalue weighted by molar-refractivity contribution is 0.803. The van der Waals surface area contributed by atoms with Gasteiger partial charge in [0.15, 0.2) is 0 Å². The van der Waals surface area contributed by atoms with Crippen LogP contribution in [-0.4, -0.2) is 11.5 Å². The van der Waals surface area contributed by atoms with E-state index in [2.05, 4.69) is 41.9 Å². The fourth-order valence-electron chi connectivity index (χ4n) is 2.23. The minimum Gasteiger partial charge on any atom is -0.398 e. The average molecular weight is 255 g/mol. The summed E-state index contributed by atoms with van der Waals surface area (Å²) in [6, 6.07) is 12.2. The van der Waals surface area contributed by atoms with Crippen molar-refractivity contribution in [3.8, 4) is 0 Å². The van der Waals surface area contributed by atoms with Crippen molar-refractivity contribution in [2.75, 3.05) is 17.2 Å². The summed E-state index contributed by atoms with van der Waals surface area (Å²) in [4.78, 5) is 6.86. The van der Waals surface area contributed by atoms with E-state index in [9.17, 15) is 0 Å². The van der Waals surface area contributed by atoms with Crippen LogP contribution < -0.4 is 10.6 Å². The number of nitrogens with two attached hydrogens (primary N) is 1. The molecule has 19 heavy (non-hydrogen) atoms. The summed E-state index contributed by atoms with van der Waals surface area (Å²) >= 11 is 0. The average Bonchev–Trinajstić information content (AvgIpc) is 2.40. The van der Waals surface area contributed by atoms with Gasteiger partial charge in [0.25, 0.3) is 0 Å². The number of nitrogen functional groups attached to an aromatic ring is 1. The Morgan fingerprint density at radius 1 is 1.11 bits per heavy atom. The molecule has 0 spiro atoms. The molecule has 0 amide bonds. The van der Waals surface area contributed by atoms with Gasteiger partial charge in [0, 0.05) is 23.6 Å². The molecule has 0 bridgehead atoms. The maximum absolute atomic E-state index is 5.99. The van der Waals surface area contributed by atoms with Gasteiger partial charge < -0.3 is 10.6 Å². The van der Waals surface area contributed by atoms with Crippen LogP contribution in [0.2, 0.25) is 0 Å². The summed E-state index contributed by atoms with van der Waals surface area (Å²) in [5.41, 5.74) is 11.3. The molecular formula is C16H21N3. The van der Waals surface area contributed by atoms with Crippen molar-refractivity contribution in [3.05, 3.63) is 53.3 Å². The molecule has 0 saturated carbocycles. The molecule has 0 fully saturated rings. The van der Waals surface area contributed by atoms with E-state index in [0.717, 1.165) is 35.7 Å². The number of hydrogen-bond acceptors (Lipinski definition) is 3. The number of nitrogens with zero attached hydrogens (tertiary/aromatic N) is 2. The lowest BCUT2D eigenvalue weighted by Gasteiger charge is -2.25. The molecule has 0 saturated heterocycles. The SMILES string of the molecule is CCN(Cc1cccc(C)n1)c1cccc(N)c1C. The first-order valence-corrected chi connectivity index (χ1v) is 6.64. The smallest absolute Gasteiger partial charge is 0.0602 e. The van der Waals surface area contributed by atoms with E-state index in [0.29, 0.717) is 0 Å². The van der Waals surface area contributed by atoms with Crippen molar-refractivity contribution in [1.82, 2.24) is 4.98 Å². The first-order chi connectivity index (χ1) is 9.11. The van der Waals surface area contributed by atoms with Crippen LogP contribution in [0, 0.1) is 13.8 Å². The Morgan fingerprint density at radius 2 is 1.84 bits per heavy atom. The summed E-state index contributed by atoms with van der Waals surface area (Å²) in [5, 5.41) is 0. The number of benzene rings is 1. The van der Waals surface area contributed by atoms with Gasteiger partial charge >= 0.3 is 0 Å². The van der Waals surface area contributed by atoms with E-state index in [1.807, 2.05) is 25.1 Å². The van der Waals surface area contributed by atoms with Crippen molar-refractivity contribution in [2.24, 2.45) is 0 Å². The van der Waals surface area contributed by atoms with Gasteiger partial charge in [-0.2, -0.15) is 0 Å². The van der Waals surface area contributed by atoms with Crippen LogP contribution in [-0.2, 0) is 6.54 Å². The minimum absolute atomic E-state index is 0.808. The lowest BCUT2D eigenvalue weighted by atomic mass is 10.1. The van der Waals surface area contributed by atoms with Crippen molar-refractivity contribution >= 4 is 11.4 Å². The molecular weight excluding hydrogens is 234 g/mol. The Labute approximate surface area is 115 Å². The molecule has 1 heterocycles. The molecule has 0 unspecified atom stereocenters. The molecule has 1 aromatic carbocycles. The fourth-order valence-corrected chi connectivity index (χ4v) is 2.23. The fraction of sp³-hybridized carbons (Fsp3) is 0.312. The molecule has 3 heteroatoms. The number of aryl methyl sites for hydroxylation is 1. The Morgan fingerprint density at radius 3 is 2.53 bits per heavy atom. The highest BCUT2D eigenvalue weighted by Gasteiger charge is 2.10. The standard InChI is InChI=1S/C16H21N3/c1-4-19(11-14-8-5-7-12(2)18-14)16-10-6-9-15(17)13(16)3/h5-10H,4,11,17H2,1-3H3. The minimum atomic E-state index is 0.808. The summed E-state index contributed by atoms with van der Waals surface area (Å²) in [6.45, 7) is 7.98. The molecule has 0 aliphatic heterocycles. The maximum atomic E-state index is 5.99. The Bertz CT molecular complexity index is 564. The van der Waals surface area contributed by atoms with Crippen molar-refractivity contribution in [1.29, 1.82) is 0 Å². The number of anilines is 2. The Kier molecular flexibility index (Phi) is 4.05. The van der Waals surface area contributed by atoms with E-state index >= 15 is 0 Å². The van der Waals surface area contributed by atoms with Gasteiger partial charge in [0.1, 0.15) is 0 Å². The van der Waals surface area contributed by atoms with Crippen LogP contribution in [0.1, 0.15) is 23.9 Å². The van der Waals surface area contributed by atoms with Gasteiger partial charge in [0.2, 0.25) is 0 Å². The van der Waals surface area contributed by atoms with Crippen LogP contribution >= 0.6 is 0 Å². The van der Waals surface area contributed by atoms with Crippen molar-refractivity contribution in [2.45, 2.75) is 27.3 Å². The summed E-state index contributed by atoms with van der Waals surface area (Å²) in [5.74, 6) is 0. The van der Waals surface area contributed by atoms with E-state index < -0.39 is 0 Å². The zero-order valence-electron chi connectivity index (χ0n) is 11.9. The van der Waals surface area contributed by atoms with Crippen LogP contribution in [0.5, 0.6) is 0 Å². The monoisotopic (exact) mass is 255 g/mol. The third-order valence-corrected chi connectivity index (χ3v) is 3.37. The molecule has 3 nitrogen and oxygen atoms in total. The molecule has 1 aromatic heterocycles. The molecule has 2 N–H and O–H groups in total. The van der Waals surface area contributed by atoms with E-state index in [4.69, 9.17) is 5.73 Å². The second-order valence-corrected chi connectivity index (χ2v) is 4.78. The van der Waals surface area contributed by atoms with Crippen LogP contribution in [0.25, 0.3) is 0 Å². The number of rotatable bonds is 4. The quantitative estimate of drug-likeness (QED) is 0.852. The zero-order valence-corrected chi connectivity index (χ0v) is 11.9. The topological polar surface area (TPSA) is 42.2 Å². The van der Waals surface area contributed by atoms with Gasteiger partial charge in [-0.25, -0.2) is 0 Å². The second-order valence-electron chi connectivity index (χ2n) is 4.78. The van der Waals surface area contributed by atoms with Crippen molar-refractivity contribution in [3.63, 3.8) is 0 Å². The van der Waals surface area contributed by atoms with Crippen molar-refractivity contribution < 1.29 is 0 Å².